The van der Waals surface area contributed by atoms with Gasteiger partial charge in [-0.25, -0.2) is 0 Å². The van der Waals surface area contributed by atoms with E-state index < -0.39 is 0 Å². The number of fused-ring (bicyclic) bond motifs is 1. The molecule has 1 aliphatic rings. The Bertz CT molecular complexity index is 283. The maximum atomic E-state index is 4.37. The second-order valence-electron chi connectivity index (χ2n) is 3.00. The Morgan fingerprint density at radius 2 is 2.50 bits per heavy atom. The van der Waals surface area contributed by atoms with Crippen LogP contribution in [-0.2, 0) is 6.42 Å². The predicted molar refractivity (Wildman–Crippen MR) is 50.6 cm³/mol. The highest BCUT2D eigenvalue weighted by Gasteiger charge is 2.08. The minimum Gasteiger partial charge on any atom is -0.387 e. The van der Waals surface area contributed by atoms with Crippen molar-refractivity contribution in [2.45, 2.75) is 12.8 Å². The van der Waals surface area contributed by atoms with Crippen LogP contribution in [0.15, 0.2) is 12.3 Å². The topological polar surface area (TPSA) is 37.0 Å². The number of aromatic nitrogens is 1. The third-order valence-corrected chi connectivity index (χ3v) is 2.16. The highest BCUT2D eigenvalue weighted by Crippen LogP contribution is 2.22. The first-order valence-corrected chi connectivity index (χ1v) is 4.30. The molecule has 0 radical (unpaired) electrons. The standard InChI is InChI=1S/C9H13N3/c1-10-7-5-9-8(12-6-7)3-2-4-11-9/h5-6,10-11H,2-4H2,1H3. The molecule has 2 heterocycles. The molecule has 1 aliphatic heterocycles. The lowest BCUT2D eigenvalue weighted by Gasteiger charge is -2.17. The van der Waals surface area contributed by atoms with Gasteiger partial charge in [-0.3, -0.25) is 4.98 Å². The van der Waals surface area contributed by atoms with E-state index in [9.17, 15) is 0 Å². The first-order chi connectivity index (χ1) is 5.90. The number of hydrogen-bond donors (Lipinski definition) is 2. The lowest BCUT2D eigenvalue weighted by molar-refractivity contribution is 0.802. The summed E-state index contributed by atoms with van der Waals surface area (Å²) in [7, 11) is 1.91. The van der Waals surface area contributed by atoms with E-state index in [1.54, 1.807) is 0 Å². The van der Waals surface area contributed by atoms with Crippen molar-refractivity contribution in [1.82, 2.24) is 4.98 Å². The van der Waals surface area contributed by atoms with Crippen molar-refractivity contribution in [3.05, 3.63) is 18.0 Å². The van der Waals surface area contributed by atoms with Crippen LogP contribution in [0.5, 0.6) is 0 Å². The van der Waals surface area contributed by atoms with Gasteiger partial charge in [-0.1, -0.05) is 0 Å². The maximum Gasteiger partial charge on any atom is 0.0636 e. The van der Waals surface area contributed by atoms with Crippen LogP contribution in [0.4, 0.5) is 11.4 Å². The first kappa shape index (κ1) is 7.40. The van der Waals surface area contributed by atoms with E-state index in [1.807, 2.05) is 13.2 Å². The average molecular weight is 163 g/mol. The molecule has 0 fully saturated rings. The quantitative estimate of drug-likeness (QED) is 0.658. The summed E-state index contributed by atoms with van der Waals surface area (Å²) in [4.78, 5) is 4.37. The minimum absolute atomic E-state index is 1.07. The predicted octanol–water partition coefficient (Wildman–Crippen LogP) is 1.48. The van der Waals surface area contributed by atoms with Crippen molar-refractivity contribution in [3.8, 4) is 0 Å². The van der Waals surface area contributed by atoms with E-state index >= 15 is 0 Å². The molecule has 0 aliphatic carbocycles. The molecule has 0 saturated heterocycles. The average Bonchev–Trinajstić information content (AvgIpc) is 2.17. The number of nitrogens with one attached hydrogen (secondary N) is 2. The molecular formula is C9H13N3. The molecule has 0 saturated carbocycles. The van der Waals surface area contributed by atoms with E-state index in [4.69, 9.17) is 0 Å². The fourth-order valence-corrected chi connectivity index (χ4v) is 1.46. The SMILES string of the molecule is CNc1cnc2c(c1)NCCC2. The molecule has 1 aromatic heterocycles. The van der Waals surface area contributed by atoms with Crippen molar-refractivity contribution in [1.29, 1.82) is 0 Å². The van der Waals surface area contributed by atoms with Crippen LogP contribution in [-0.4, -0.2) is 18.6 Å². The van der Waals surface area contributed by atoms with E-state index in [1.165, 1.54) is 17.8 Å². The third kappa shape index (κ3) is 1.22. The molecule has 3 heteroatoms. The molecule has 0 bridgehead atoms. The summed E-state index contributed by atoms with van der Waals surface area (Å²) >= 11 is 0. The van der Waals surface area contributed by atoms with Crippen LogP contribution in [0, 0.1) is 0 Å². The fraction of sp³-hybridized carbons (Fsp3) is 0.444. The van der Waals surface area contributed by atoms with Crippen molar-refractivity contribution in [3.63, 3.8) is 0 Å². The summed E-state index contributed by atoms with van der Waals surface area (Å²) in [5.41, 5.74) is 3.46. The van der Waals surface area contributed by atoms with Gasteiger partial charge in [-0.05, 0) is 18.9 Å². The van der Waals surface area contributed by atoms with E-state index in [2.05, 4.69) is 21.7 Å². The Hall–Kier alpha value is -1.25. The summed E-state index contributed by atoms with van der Waals surface area (Å²) in [6, 6.07) is 2.11. The van der Waals surface area contributed by atoms with Gasteiger partial charge >= 0.3 is 0 Å². The maximum absolute atomic E-state index is 4.37. The lowest BCUT2D eigenvalue weighted by atomic mass is 10.1. The highest BCUT2D eigenvalue weighted by atomic mass is 14.9. The van der Waals surface area contributed by atoms with Crippen LogP contribution in [0.3, 0.4) is 0 Å². The molecule has 0 amide bonds. The zero-order valence-electron chi connectivity index (χ0n) is 7.22. The Labute approximate surface area is 72.2 Å². The monoisotopic (exact) mass is 163 g/mol. The molecule has 2 rings (SSSR count). The van der Waals surface area contributed by atoms with Crippen molar-refractivity contribution < 1.29 is 0 Å². The number of anilines is 2. The molecule has 64 valence electrons. The molecule has 0 atom stereocenters. The minimum atomic E-state index is 1.07. The molecule has 0 unspecified atom stereocenters. The number of nitrogens with zero attached hydrogens (tertiary/aromatic N) is 1. The number of aryl methyl sites for hydroxylation is 1. The lowest BCUT2D eigenvalue weighted by Crippen LogP contribution is -2.13. The zero-order chi connectivity index (χ0) is 8.39. The number of hydrogen-bond acceptors (Lipinski definition) is 3. The number of pyridine rings is 1. The highest BCUT2D eigenvalue weighted by molar-refractivity contribution is 5.58. The van der Waals surface area contributed by atoms with Crippen molar-refractivity contribution in [2.75, 3.05) is 24.2 Å². The molecule has 1 aromatic rings. The zero-order valence-corrected chi connectivity index (χ0v) is 7.22. The van der Waals surface area contributed by atoms with Gasteiger partial charge in [-0.2, -0.15) is 0 Å². The molecular weight excluding hydrogens is 150 g/mol. The van der Waals surface area contributed by atoms with Gasteiger partial charge in [0.2, 0.25) is 0 Å². The van der Waals surface area contributed by atoms with E-state index in [-0.39, 0.29) is 0 Å². The second-order valence-corrected chi connectivity index (χ2v) is 3.00. The van der Waals surface area contributed by atoms with Gasteiger partial charge in [-0.15, -0.1) is 0 Å². The van der Waals surface area contributed by atoms with Gasteiger partial charge in [0.15, 0.2) is 0 Å². The molecule has 3 nitrogen and oxygen atoms in total. The summed E-state index contributed by atoms with van der Waals surface area (Å²) < 4.78 is 0. The van der Waals surface area contributed by atoms with Crippen molar-refractivity contribution >= 4 is 11.4 Å². The van der Waals surface area contributed by atoms with Crippen LogP contribution >= 0.6 is 0 Å². The van der Waals surface area contributed by atoms with Gasteiger partial charge in [0.1, 0.15) is 0 Å². The summed E-state index contributed by atoms with van der Waals surface area (Å²) in [6.07, 6.45) is 4.18. The van der Waals surface area contributed by atoms with Crippen molar-refractivity contribution in [2.24, 2.45) is 0 Å². The fourth-order valence-electron chi connectivity index (χ4n) is 1.46. The first-order valence-electron chi connectivity index (χ1n) is 4.30. The second kappa shape index (κ2) is 3.01. The third-order valence-electron chi connectivity index (χ3n) is 2.16. The van der Waals surface area contributed by atoms with E-state index in [0.717, 1.165) is 18.7 Å². The molecule has 2 N–H and O–H groups in total. The van der Waals surface area contributed by atoms with Crippen LogP contribution < -0.4 is 10.6 Å². The molecule has 12 heavy (non-hydrogen) atoms. The van der Waals surface area contributed by atoms with Crippen LogP contribution in [0.2, 0.25) is 0 Å². The Morgan fingerprint density at radius 3 is 3.33 bits per heavy atom. The summed E-state index contributed by atoms with van der Waals surface area (Å²) in [5, 5.41) is 6.41. The normalized spacial score (nSPS) is 14.8. The van der Waals surface area contributed by atoms with Gasteiger partial charge in [0.05, 0.1) is 23.3 Å². The van der Waals surface area contributed by atoms with Gasteiger partial charge in [0, 0.05) is 13.6 Å². The van der Waals surface area contributed by atoms with Crippen LogP contribution in [0.25, 0.3) is 0 Å². The summed E-state index contributed by atoms with van der Waals surface area (Å²) in [5.74, 6) is 0. The Balaban J connectivity index is 2.36. The molecule has 0 aromatic carbocycles. The summed E-state index contributed by atoms with van der Waals surface area (Å²) in [6.45, 7) is 1.07. The van der Waals surface area contributed by atoms with Gasteiger partial charge in [0.25, 0.3) is 0 Å². The smallest absolute Gasteiger partial charge is 0.0636 e. The largest absolute Gasteiger partial charge is 0.387 e. The van der Waals surface area contributed by atoms with Gasteiger partial charge < -0.3 is 10.6 Å². The van der Waals surface area contributed by atoms with Crippen LogP contribution in [0.1, 0.15) is 12.1 Å². The molecule has 0 spiro atoms. The number of rotatable bonds is 1. The Kier molecular flexibility index (Phi) is 1.86. The Morgan fingerprint density at radius 1 is 1.58 bits per heavy atom. The van der Waals surface area contributed by atoms with E-state index in [0.29, 0.717) is 0 Å².